The third-order valence-corrected chi connectivity index (χ3v) is 3.36. The number of methoxy groups -OCH3 is 2. The van der Waals surface area contributed by atoms with E-state index in [-0.39, 0.29) is 5.91 Å². The fourth-order valence-electron chi connectivity index (χ4n) is 2.20. The molecule has 122 valence electrons. The molecule has 0 aliphatic heterocycles. The Morgan fingerprint density at radius 3 is 2.57 bits per heavy atom. The number of ether oxygens (including phenoxy) is 2. The average molecular weight is 315 g/mol. The molecule has 0 saturated carbocycles. The maximum absolute atomic E-state index is 12.4. The van der Waals surface area contributed by atoms with Gasteiger partial charge in [-0.25, -0.2) is 4.98 Å². The molecule has 0 saturated heterocycles. The standard InChI is InChI=1S/C17H21N3O3/c1-20(2)16-13(6-5-9-18-16)17(21)19-11-12-7-8-14(22-3)15(10-12)23-4/h5-10H,11H2,1-4H3,(H,19,21). The quantitative estimate of drug-likeness (QED) is 0.884. The van der Waals surface area contributed by atoms with Gasteiger partial charge >= 0.3 is 0 Å². The molecule has 0 unspecified atom stereocenters. The van der Waals surface area contributed by atoms with Crippen LogP contribution in [0.1, 0.15) is 15.9 Å². The Kier molecular flexibility index (Phi) is 5.41. The molecule has 1 N–H and O–H groups in total. The zero-order valence-corrected chi connectivity index (χ0v) is 13.8. The first-order chi connectivity index (χ1) is 11.1. The van der Waals surface area contributed by atoms with Crippen LogP contribution < -0.4 is 19.7 Å². The van der Waals surface area contributed by atoms with Gasteiger partial charge in [-0.3, -0.25) is 4.79 Å². The summed E-state index contributed by atoms with van der Waals surface area (Å²) in [6, 6.07) is 9.05. The number of amides is 1. The van der Waals surface area contributed by atoms with Crippen molar-refractivity contribution in [2.75, 3.05) is 33.2 Å². The van der Waals surface area contributed by atoms with Gasteiger partial charge in [0.25, 0.3) is 5.91 Å². The molecular formula is C17H21N3O3. The van der Waals surface area contributed by atoms with Crippen molar-refractivity contribution in [1.82, 2.24) is 10.3 Å². The van der Waals surface area contributed by atoms with Crippen LogP contribution in [0.4, 0.5) is 5.82 Å². The number of rotatable bonds is 6. The molecule has 2 rings (SSSR count). The van der Waals surface area contributed by atoms with E-state index < -0.39 is 0 Å². The molecule has 2 aromatic rings. The van der Waals surface area contributed by atoms with Crippen molar-refractivity contribution in [3.05, 3.63) is 47.7 Å². The zero-order valence-electron chi connectivity index (χ0n) is 13.8. The summed E-state index contributed by atoms with van der Waals surface area (Å²) in [4.78, 5) is 18.4. The summed E-state index contributed by atoms with van der Waals surface area (Å²) in [5.41, 5.74) is 1.46. The first kappa shape index (κ1) is 16.6. The summed E-state index contributed by atoms with van der Waals surface area (Å²) in [7, 11) is 6.88. The highest BCUT2D eigenvalue weighted by atomic mass is 16.5. The molecule has 6 heteroatoms. The van der Waals surface area contributed by atoms with E-state index in [0.29, 0.717) is 29.4 Å². The van der Waals surface area contributed by atoms with Crippen LogP contribution in [0, 0.1) is 0 Å². The monoisotopic (exact) mass is 315 g/mol. The number of anilines is 1. The number of hydrogen-bond acceptors (Lipinski definition) is 5. The lowest BCUT2D eigenvalue weighted by Crippen LogP contribution is -2.26. The Hall–Kier alpha value is -2.76. The van der Waals surface area contributed by atoms with Crippen LogP contribution in [0.25, 0.3) is 0 Å². The number of nitrogens with zero attached hydrogens (tertiary/aromatic N) is 2. The van der Waals surface area contributed by atoms with Gasteiger partial charge in [-0.1, -0.05) is 6.07 Å². The van der Waals surface area contributed by atoms with Crippen LogP contribution in [0.3, 0.4) is 0 Å². The van der Waals surface area contributed by atoms with E-state index in [0.717, 1.165) is 5.56 Å². The molecular weight excluding hydrogens is 294 g/mol. The maximum Gasteiger partial charge on any atom is 0.255 e. The maximum atomic E-state index is 12.4. The number of hydrogen-bond donors (Lipinski definition) is 1. The fraction of sp³-hybridized carbons (Fsp3) is 0.294. The largest absolute Gasteiger partial charge is 0.493 e. The Bertz CT molecular complexity index is 687. The number of aromatic nitrogens is 1. The molecule has 0 spiro atoms. The molecule has 1 aromatic carbocycles. The third kappa shape index (κ3) is 3.91. The smallest absolute Gasteiger partial charge is 0.255 e. The van der Waals surface area contributed by atoms with Crippen molar-refractivity contribution < 1.29 is 14.3 Å². The summed E-state index contributed by atoms with van der Waals surface area (Å²) in [6.07, 6.45) is 1.67. The summed E-state index contributed by atoms with van der Waals surface area (Å²) < 4.78 is 10.5. The minimum absolute atomic E-state index is 0.170. The van der Waals surface area contributed by atoms with Crippen molar-refractivity contribution in [2.45, 2.75) is 6.54 Å². The van der Waals surface area contributed by atoms with Crippen LogP contribution in [-0.4, -0.2) is 39.2 Å². The van der Waals surface area contributed by atoms with Gasteiger partial charge in [-0.2, -0.15) is 0 Å². The van der Waals surface area contributed by atoms with Crippen molar-refractivity contribution in [2.24, 2.45) is 0 Å². The zero-order chi connectivity index (χ0) is 16.8. The van der Waals surface area contributed by atoms with Crippen molar-refractivity contribution >= 4 is 11.7 Å². The van der Waals surface area contributed by atoms with Gasteiger partial charge in [-0.15, -0.1) is 0 Å². The Morgan fingerprint density at radius 2 is 1.91 bits per heavy atom. The van der Waals surface area contributed by atoms with Gasteiger partial charge in [-0.05, 0) is 29.8 Å². The predicted octanol–water partition coefficient (Wildman–Crippen LogP) is 2.09. The van der Waals surface area contributed by atoms with Gasteiger partial charge in [0.1, 0.15) is 5.82 Å². The summed E-state index contributed by atoms with van der Waals surface area (Å²) >= 11 is 0. The van der Waals surface area contributed by atoms with E-state index in [4.69, 9.17) is 9.47 Å². The molecule has 23 heavy (non-hydrogen) atoms. The number of nitrogens with one attached hydrogen (secondary N) is 1. The van der Waals surface area contributed by atoms with Crippen LogP contribution in [0.5, 0.6) is 11.5 Å². The topological polar surface area (TPSA) is 63.7 Å². The van der Waals surface area contributed by atoms with E-state index >= 15 is 0 Å². The molecule has 0 aliphatic carbocycles. The van der Waals surface area contributed by atoms with Gasteiger partial charge in [0.15, 0.2) is 11.5 Å². The Labute approximate surface area is 136 Å². The lowest BCUT2D eigenvalue weighted by atomic mass is 10.2. The SMILES string of the molecule is COc1ccc(CNC(=O)c2cccnc2N(C)C)cc1OC. The van der Waals surface area contributed by atoms with Crippen molar-refractivity contribution in [1.29, 1.82) is 0 Å². The molecule has 0 radical (unpaired) electrons. The first-order valence-electron chi connectivity index (χ1n) is 7.18. The molecule has 0 atom stereocenters. The van der Waals surface area contributed by atoms with Gasteiger partial charge in [0.05, 0.1) is 19.8 Å². The lowest BCUT2D eigenvalue weighted by molar-refractivity contribution is 0.0951. The van der Waals surface area contributed by atoms with E-state index in [2.05, 4.69) is 10.3 Å². The Morgan fingerprint density at radius 1 is 1.17 bits per heavy atom. The second-order valence-electron chi connectivity index (χ2n) is 5.14. The van der Waals surface area contributed by atoms with Gasteiger partial charge in [0, 0.05) is 26.8 Å². The van der Waals surface area contributed by atoms with Crippen LogP contribution in [-0.2, 0) is 6.54 Å². The molecule has 6 nitrogen and oxygen atoms in total. The molecule has 1 amide bonds. The second kappa shape index (κ2) is 7.49. The van der Waals surface area contributed by atoms with Crippen molar-refractivity contribution in [3.8, 4) is 11.5 Å². The number of carbonyl (C=O) groups is 1. The molecule has 1 aromatic heterocycles. The minimum Gasteiger partial charge on any atom is -0.493 e. The second-order valence-corrected chi connectivity index (χ2v) is 5.14. The Balaban J connectivity index is 2.11. The number of carbonyl (C=O) groups excluding carboxylic acids is 1. The molecule has 1 heterocycles. The van der Waals surface area contributed by atoms with Gasteiger partial charge < -0.3 is 19.7 Å². The van der Waals surface area contributed by atoms with Gasteiger partial charge in [0.2, 0.25) is 0 Å². The summed E-state index contributed by atoms with van der Waals surface area (Å²) in [6.45, 7) is 0.390. The minimum atomic E-state index is -0.170. The highest BCUT2D eigenvalue weighted by molar-refractivity contribution is 5.98. The van der Waals surface area contributed by atoms with E-state index in [1.807, 2.05) is 37.2 Å². The van der Waals surface area contributed by atoms with Crippen LogP contribution in [0.2, 0.25) is 0 Å². The number of benzene rings is 1. The lowest BCUT2D eigenvalue weighted by Gasteiger charge is -2.15. The van der Waals surface area contributed by atoms with E-state index in [1.165, 1.54) is 0 Å². The average Bonchev–Trinajstić information content (AvgIpc) is 2.59. The normalized spacial score (nSPS) is 10.1. The van der Waals surface area contributed by atoms with Crippen molar-refractivity contribution in [3.63, 3.8) is 0 Å². The third-order valence-electron chi connectivity index (χ3n) is 3.36. The predicted molar refractivity (Wildman–Crippen MR) is 89.3 cm³/mol. The van der Waals surface area contributed by atoms with Crippen LogP contribution in [0.15, 0.2) is 36.5 Å². The first-order valence-corrected chi connectivity index (χ1v) is 7.18. The van der Waals surface area contributed by atoms with E-state index in [9.17, 15) is 4.79 Å². The van der Waals surface area contributed by atoms with Crippen LogP contribution >= 0.6 is 0 Å². The molecule has 0 fully saturated rings. The molecule has 0 bridgehead atoms. The summed E-state index contributed by atoms with van der Waals surface area (Å²) in [5, 5.41) is 2.90. The highest BCUT2D eigenvalue weighted by Gasteiger charge is 2.13. The molecule has 0 aliphatic rings. The highest BCUT2D eigenvalue weighted by Crippen LogP contribution is 2.27. The van der Waals surface area contributed by atoms with E-state index in [1.54, 1.807) is 32.5 Å². The fourth-order valence-corrected chi connectivity index (χ4v) is 2.20. The number of pyridine rings is 1. The summed E-state index contributed by atoms with van der Waals surface area (Å²) in [5.74, 6) is 1.76.